The molecule has 5 rings (SSSR count). The van der Waals surface area contributed by atoms with Gasteiger partial charge >= 0.3 is 0 Å². The Morgan fingerprint density at radius 3 is 2.03 bits per heavy atom. The quantitative estimate of drug-likeness (QED) is 0.393. The topological polar surface area (TPSA) is 34.1 Å². The number of fused-ring (bicyclic) bond motifs is 7. The van der Waals surface area contributed by atoms with Crippen molar-refractivity contribution >= 4 is 12.1 Å². The van der Waals surface area contributed by atoms with Crippen molar-refractivity contribution < 1.29 is 9.59 Å². The van der Waals surface area contributed by atoms with Gasteiger partial charge in [-0.2, -0.15) is 0 Å². The molecule has 5 aliphatic rings. The van der Waals surface area contributed by atoms with Crippen LogP contribution in [0.5, 0.6) is 0 Å². The first-order chi connectivity index (χ1) is 14.8. The lowest BCUT2D eigenvalue weighted by Crippen LogP contribution is -2.68. The molecule has 0 radical (unpaired) electrons. The third-order valence-corrected chi connectivity index (χ3v) is 13.6. The number of Topliss-reactive ketones (excluding diaryl/α,β-unsaturated/α-hetero) is 1. The summed E-state index contributed by atoms with van der Waals surface area (Å²) in [6.45, 7) is 17.4. The van der Waals surface area contributed by atoms with E-state index in [2.05, 4.69) is 48.5 Å². The van der Waals surface area contributed by atoms with Crippen molar-refractivity contribution in [1.82, 2.24) is 0 Å². The maximum absolute atomic E-state index is 12.7. The molecular weight excluding hydrogens is 392 g/mol. The van der Waals surface area contributed by atoms with Gasteiger partial charge in [-0.15, -0.1) is 0 Å². The van der Waals surface area contributed by atoms with Crippen molar-refractivity contribution in [2.24, 2.45) is 56.2 Å². The number of ketones is 1. The SMILES string of the molecule is C[C@H]1C(=O)CC[C@@H]2[C@]1(C)CC[C@H]1[C@@]2(C)CC[C@@]2(C)[C@@H]3CC(C)(C)CC[C@]3(C=O)CC[C@]12C. The van der Waals surface area contributed by atoms with E-state index < -0.39 is 0 Å². The summed E-state index contributed by atoms with van der Waals surface area (Å²) in [7, 11) is 0. The van der Waals surface area contributed by atoms with Crippen molar-refractivity contribution in [3.05, 3.63) is 0 Å². The van der Waals surface area contributed by atoms with Crippen LogP contribution < -0.4 is 0 Å². The lowest BCUT2D eigenvalue weighted by atomic mass is 9.30. The standard InChI is InChI=1S/C30H48O2/c1-20-21(32)8-9-22-26(20,4)11-10-23-27(22,5)13-14-29(7)24-18-25(2,3)12-16-30(24,19-31)17-15-28(23,29)6/h19-20,22-24H,8-18H2,1-7H3/t20-,22+,23-,24-,26+,27-,28+,29-,30+/m0/s1. The van der Waals surface area contributed by atoms with Gasteiger partial charge in [0.15, 0.2) is 0 Å². The van der Waals surface area contributed by atoms with Gasteiger partial charge < -0.3 is 4.79 Å². The second kappa shape index (κ2) is 6.72. The number of carbonyl (C=O) groups is 2. The summed E-state index contributed by atoms with van der Waals surface area (Å²) < 4.78 is 0. The van der Waals surface area contributed by atoms with Crippen molar-refractivity contribution in [1.29, 1.82) is 0 Å². The van der Waals surface area contributed by atoms with Crippen LogP contribution >= 0.6 is 0 Å². The van der Waals surface area contributed by atoms with Crippen LogP contribution in [0.1, 0.15) is 119 Å². The molecule has 0 amide bonds. The molecule has 180 valence electrons. The fourth-order valence-electron chi connectivity index (χ4n) is 11.1. The first kappa shape index (κ1) is 23.1. The van der Waals surface area contributed by atoms with Gasteiger partial charge in [0.2, 0.25) is 0 Å². The molecule has 5 aliphatic carbocycles. The smallest absolute Gasteiger partial charge is 0.136 e. The molecule has 2 heteroatoms. The van der Waals surface area contributed by atoms with Gasteiger partial charge in [-0.25, -0.2) is 0 Å². The van der Waals surface area contributed by atoms with Crippen molar-refractivity contribution in [2.45, 2.75) is 119 Å². The van der Waals surface area contributed by atoms with E-state index >= 15 is 0 Å². The zero-order valence-corrected chi connectivity index (χ0v) is 22.0. The highest BCUT2D eigenvalue weighted by Gasteiger charge is 2.71. The van der Waals surface area contributed by atoms with Crippen molar-refractivity contribution in [3.63, 3.8) is 0 Å². The van der Waals surface area contributed by atoms with E-state index in [1.54, 1.807) is 0 Å². The van der Waals surface area contributed by atoms with Crippen LogP contribution in [0.15, 0.2) is 0 Å². The van der Waals surface area contributed by atoms with E-state index in [4.69, 9.17) is 0 Å². The maximum Gasteiger partial charge on any atom is 0.136 e. The summed E-state index contributed by atoms with van der Waals surface area (Å²) in [5, 5.41) is 0. The Labute approximate surface area is 197 Å². The first-order valence-electron chi connectivity index (χ1n) is 13.8. The molecule has 0 saturated heterocycles. The lowest BCUT2D eigenvalue weighted by molar-refractivity contribution is -0.253. The Hall–Kier alpha value is -0.660. The number of rotatable bonds is 1. The highest BCUT2D eigenvalue weighted by molar-refractivity contribution is 5.82. The molecule has 0 bridgehead atoms. The molecule has 0 aliphatic heterocycles. The number of aldehydes is 1. The molecule has 2 nitrogen and oxygen atoms in total. The number of hydrogen-bond donors (Lipinski definition) is 0. The van der Waals surface area contributed by atoms with Gasteiger partial charge in [0.05, 0.1) is 0 Å². The Morgan fingerprint density at radius 2 is 1.34 bits per heavy atom. The Bertz CT molecular complexity index is 829. The average molecular weight is 441 g/mol. The summed E-state index contributed by atoms with van der Waals surface area (Å²) in [4.78, 5) is 25.4. The summed E-state index contributed by atoms with van der Waals surface area (Å²) in [5.74, 6) is 2.65. The van der Waals surface area contributed by atoms with Gasteiger partial charge in [0, 0.05) is 17.8 Å². The fraction of sp³-hybridized carbons (Fsp3) is 0.933. The molecular formula is C30H48O2. The second-order valence-electron chi connectivity index (χ2n) is 15.0. The van der Waals surface area contributed by atoms with Gasteiger partial charge in [-0.05, 0) is 109 Å². The fourth-order valence-corrected chi connectivity index (χ4v) is 11.1. The van der Waals surface area contributed by atoms with E-state index in [1.165, 1.54) is 51.2 Å². The second-order valence-corrected chi connectivity index (χ2v) is 15.0. The van der Waals surface area contributed by atoms with Crippen LogP contribution in [0, 0.1) is 56.2 Å². The summed E-state index contributed by atoms with van der Waals surface area (Å²) in [6, 6.07) is 0. The van der Waals surface area contributed by atoms with Crippen LogP contribution in [0.4, 0.5) is 0 Å². The molecule has 0 heterocycles. The van der Waals surface area contributed by atoms with Gasteiger partial charge in [-0.3, -0.25) is 4.79 Å². The monoisotopic (exact) mass is 440 g/mol. The molecule has 32 heavy (non-hydrogen) atoms. The third-order valence-electron chi connectivity index (χ3n) is 13.6. The molecule has 0 aromatic heterocycles. The van der Waals surface area contributed by atoms with E-state index in [1.807, 2.05) is 0 Å². The molecule has 5 fully saturated rings. The Morgan fingerprint density at radius 1 is 0.719 bits per heavy atom. The third kappa shape index (κ3) is 2.65. The van der Waals surface area contributed by atoms with Crippen LogP contribution in [0.2, 0.25) is 0 Å². The molecule has 9 atom stereocenters. The van der Waals surface area contributed by atoms with Crippen molar-refractivity contribution in [3.8, 4) is 0 Å². The van der Waals surface area contributed by atoms with Crippen molar-refractivity contribution in [2.75, 3.05) is 0 Å². The minimum absolute atomic E-state index is 0.0769. The summed E-state index contributed by atoms with van der Waals surface area (Å²) in [6.07, 6.45) is 14.2. The average Bonchev–Trinajstić information content (AvgIpc) is 2.73. The predicted octanol–water partition coefficient (Wildman–Crippen LogP) is 7.64. The van der Waals surface area contributed by atoms with Gasteiger partial charge in [0.1, 0.15) is 12.1 Å². The van der Waals surface area contributed by atoms with Gasteiger partial charge in [0.25, 0.3) is 0 Å². The molecule has 0 unspecified atom stereocenters. The molecule has 0 aromatic rings. The van der Waals surface area contributed by atoms with Crippen LogP contribution in [-0.2, 0) is 9.59 Å². The van der Waals surface area contributed by atoms with E-state index in [0.29, 0.717) is 33.9 Å². The molecule has 0 aromatic carbocycles. The van der Waals surface area contributed by atoms with Crippen LogP contribution in [0.25, 0.3) is 0 Å². The normalized spacial score (nSPS) is 56.9. The highest BCUT2D eigenvalue weighted by atomic mass is 16.1. The first-order valence-corrected chi connectivity index (χ1v) is 13.8. The van der Waals surface area contributed by atoms with Gasteiger partial charge in [-0.1, -0.05) is 48.5 Å². The minimum Gasteiger partial charge on any atom is -0.303 e. The molecule has 5 saturated carbocycles. The Kier molecular flexibility index (Phi) is 4.85. The molecule has 0 N–H and O–H groups in total. The lowest BCUT2D eigenvalue weighted by Gasteiger charge is -2.74. The van der Waals surface area contributed by atoms with E-state index in [0.717, 1.165) is 31.6 Å². The number of carbonyl (C=O) groups excluding carboxylic acids is 2. The zero-order chi connectivity index (χ0) is 23.4. The van der Waals surface area contributed by atoms with E-state index in [-0.39, 0.29) is 22.2 Å². The summed E-state index contributed by atoms with van der Waals surface area (Å²) >= 11 is 0. The minimum atomic E-state index is -0.0769. The largest absolute Gasteiger partial charge is 0.303 e. The number of hydrogen-bond acceptors (Lipinski definition) is 2. The van der Waals surface area contributed by atoms with E-state index in [9.17, 15) is 9.59 Å². The summed E-state index contributed by atoms with van der Waals surface area (Å²) in [5.41, 5.74) is 1.34. The molecule has 0 spiro atoms. The Balaban J connectivity index is 1.56. The van der Waals surface area contributed by atoms with Crippen LogP contribution in [0.3, 0.4) is 0 Å². The maximum atomic E-state index is 12.7. The highest BCUT2D eigenvalue weighted by Crippen LogP contribution is 2.78. The zero-order valence-electron chi connectivity index (χ0n) is 22.0. The predicted molar refractivity (Wildman–Crippen MR) is 130 cm³/mol. The van der Waals surface area contributed by atoms with Crippen LogP contribution in [-0.4, -0.2) is 12.1 Å².